The number of nitrogens with one attached hydrogen (secondary N) is 1. The molecular formula is C29H21ClF7N3O2. The van der Waals surface area contributed by atoms with Gasteiger partial charge in [-0.2, -0.15) is 26.3 Å². The zero-order valence-electron chi connectivity index (χ0n) is 21.7. The van der Waals surface area contributed by atoms with E-state index in [1.54, 1.807) is 19.4 Å². The van der Waals surface area contributed by atoms with Gasteiger partial charge < -0.3 is 13.9 Å². The molecule has 2 heterocycles. The van der Waals surface area contributed by atoms with E-state index in [9.17, 15) is 35.5 Å². The SMILES string of the molecule is Cn1ccn(Cc2cc3c(c(-c4cc(C(F)(F)F)cc(C(F)(F)F)c4)c2)OC[C@H](Cc2ccc(F)cc2Cl)C3=O)c1=N. The molecule has 5 nitrogen and oxygen atoms in total. The molecule has 1 aliphatic heterocycles. The van der Waals surface area contributed by atoms with E-state index in [1.165, 1.54) is 33.4 Å². The molecule has 1 aliphatic rings. The van der Waals surface area contributed by atoms with Crippen molar-refractivity contribution in [3.05, 3.63) is 105 Å². The molecule has 3 aromatic carbocycles. The molecule has 0 radical (unpaired) electrons. The van der Waals surface area contributed by atoms with Gasteiger partial charge in [0.05, 0.1) is 35.8 Å². The van der Waals surface area contributed by atoms with Gasteiger partial charge in [-0.15, -0.1) is 0 Å². The minimum Gasteiger partial charge on any atom is -0.491 e. The summed E-state index contributed by atoms with van der Waals surface area (Å²) >= 11 is 6.14. The number of imidazole rings is 1. The molecule has 220 valence electrons. The summed E-state index contributed by atoms with van der Waals surface area (Å²) < 4.78 is 104. The minimum absolute atomic E-state index is 0.00716. The first kappa shape index (κ1) is 29.4. The maximum Gasteiger partial charge on any atom is 0.416 e. The van der Waals surface area contributed by atoms with Crippen LogP contribution in [0.15, 0.2) is 60.9 Å². The fraction of sp³-hybridized carbons (Fsp3) is 0.241. The highest BCUT2D eigenvalue weighted by Crippen LogP contribution is 2.44. The Hall–Kier alpha value is -4.06. The van der Waals surface area contributed by atoms with Gasteiger partial charge in [0, 0.05) is 30.0 Å². The van der Waals surface area contributed by atoms with E-state index in [-0.39, 0.29) is 53.2 Å². The number of hydrogen-bond donors (Lipinski definition) is 1. The molecule has 0 saturated heterocycles. The molecular weight excluding hydrogens is 591 g/mol. The quantitative estimate of drug-likeness (QED) is 0.241. The molecule has 5 rings (SSSR count). The second kappa shape index (κ2) is 10.6. The van der Waals surface area contributed by atoms with Crippen molar-refractivity contribution in [3.63, 3.8) is 0 Å². The molecule has 0 saturated carbocycles. The molecule has 42 heavy (non-hydrogen) atoms. The lowest BCUT2D eigenvalue weighted by Crippen LogP contribution is -2.30. The fourth-order valence-corrected chi connectivity index (χ4v) is 5.12. The Kier molecular flexibility index (Phi) is 7.46. The van der Waals surface area contributed by atoms with Gasteiger partial charge in [-0.25, -0.2) is 4.39 Å². The summed E-state index contributed by atoms with van der Waals surface area (Å²) in [6.45, 7) is -0.242. The number of hydrogen-bond acceptors (Lipinski definition) is 3. The van der Waals surface area contributed by atoms with E-state index in [1.807, 2.05) is 0 Å². The first-order valence-corrected chi connectivity index (χ1v) is 12.8. The zero-order chi connectivity index (χ0) is 30.6. The van der Waals surface area contributed by atoms with E-state index in [2.05, 4.69) is 0 Å². The highest BCUT2D eigenvalue weighted by molar-refractivity contribution is 6.31. The van der Waals surface area contributed by atoms with Crippen molar-refractivity contribution in [1.29, 1.82) is 5.41 Å². The van der Waals surface area contributed by atoms with Gasteiger partial charge in [0.1, 0.15) is 11.6 Å². The Labute approximate surface area is 239 Å². The Bertz CT molecular complexity index is 1720. The summed E-state index contributed by atoms with van der Waals surface area (Å²) in [6, 6.07) is 7.70. The summed E-state index contributed by atoms with van der Waals surface area (Å²) in [7, 11) is 1.63. The number of nitrogens with zero attached hydrogens (tertiary/aromatic N) is 2. The van der Waals surface area contributed by atoms with Gasteiger partial charge in [-0.1, -0.05) is 17.7 Å². The fourth-order valence-electron chi connectivity index (χ4n) is 4.88. The van der Waals surface area contributed by atoms with Gasteiger partial charge >= 0.3 is 12.4 Å². The Balaban J connectivity index is 1.66. The number of ether oxygens (including phenoxy) is 1. The molecule has 1 atom stereocenters. The molecule has 1 aromatic heterocycles. The van der Waals surface area contributed by atoms with Gasteiger partial charge in [0.2, 0.25) is 5.62 Å². The highest BCUT2D eigenvalue weighted by atomic mass is 35.5. The van der Waals surface area contributed by atoms with Crippen molar-refractivity contribution in [2.24, 2.45) is 13.0 Å². The molecule has 0 fully saturated rings. The average molecular weight is 612 g/mol. The number of benzene rings is 3. The van der Waals surface area contributed by atoms with Crippen molar-refractivity contribution in [1.82, 2.24) is 9.13 Å². The van der Waals surface area contributed by atoms with Gasteiger partial charge in [0.15, 0.2) is 5.78 Å². The Morgan fingerprint density at radius 2 is 1.60 bits per heavy atom. The predicted octanol–water partition coefficient (Wildman–Crippen LogP) is 7.29. The number of fused-ring (bicyclic) bond motifs is 1. The monoisotopic (exact) mass is 611 g/mol. The number of halogens is 8. The molecule has 0 bridgehead atoms. The number of carbonyl (C=O) groups is 1. The maximum atomic E-state index is 13.7. The van der Waals surface area contributed by atoms with E-state index < -0.39 is 46.6 Å². The minimum atomic E-state index is -5.08. The first-order valence-electron chi connectivity index (χ1n) is 12.5. The average Bonchev–Trinajstić information content (AvgIpc) is 3.22. The van der Waals surface area contributed by atoms with E-state index in [0.717, 1.165) is 6.07 Å². The second-order valence-electron chi connectivity index (χ2n) is 9.99. The van der Waals surface area contributed by atoms with E-state index in [0.29, 0.717) is 23.3 Å². The summed E-state index contributed by atoms with van der Waals surface area (Å²) in [6.07, 6.45) is -6.93. The Morgan fingerprint density at radius 1 is 0.952 bits per heavy atom. The third-order valence-electron chi connectivity index (χ3n) is 7.02. The summed E-state index contributed by atoms with van der Waals surface area (Å²) in [5.74, 6) is -2.00. The van der Waals surface area contributed by atoms with Crippen LogP contribution in [-0.2, 0) is 32.4 Å². The summed E-state index contributed by atoms with van der Waals surface area (Å²) in [5, 5.41) is 8.29. The lowest BCUT2D eigenvalue weighted by Gasteiger charge is -2.27. The van der Waals surface area contributed by atoms with Gasteiger partial charge in [0.25, 0.3) is 0 Å². The number of rotatable bonds is 5. The number of aromatic nitrogens is 2. The summed E-state index contributed by atoms with van der Waals surface area (Å²) in [5.41, 5.74) is -2.75. The van der Waals surface area contributed by atoms with E-state index >= 15 is 0 Å². The maximum absolute atomic E-state index is 13.7. The van der Waals surface area contributed by atoms with Gasteiger partial charge in [-0.05, 0) is 65.6 Å². The standard InChI is InChI=1S/C29H21ClF7N3O2/c1-39-4-5-40(27(39)38)13-15-6-22(17-9-19(28(32,33)34)11-20(10-17)29(35,36)37)26-23(7-15)25(41)18(14-42-26)8-16-2-3-21(31)12-24(16)30/h2-7,9-12,18,38H,8,13-14H2,1H3/t18-/m0/s1. The van der Waals surface area contributed by atoms with Crippen molar-refractivity contribution in [2.75, 3.05) is 6.61 Å². The van der Waals surface area contributed by atoms with Crippen LogP contribution in [0.1, 0.15) is 32.6 Å². The third-order valence-corrected chi connectivity index (χ3v) is 7.38. The number of aryl methyl sites for hydroxylation is 1. The van der Waals surface area contributed by atoms with Crippen molar-refractivity contribution < 1.29 is 40.3 Å². The molecule has 1 N–H and O–H groups in total. The second-order valence-corrected chi connectivity index (χ2v) is 10.4. The molecule has 0 aliphatic carbocycles. The number of alkyl halides is 6. The first-order chi connectivity index (χ1) is 19.6. The predicted molar refractivity (Wildman–Crippen MR) is 139 cm³/mol. The van der Waals surface area contributed by atoms with Gasteiger partial charge in [-0.3, -0.25) is 10.2 Å². The van der Waals surface area contributed by atoms with Crippen LogP contribution in [0.3, 0.4) is 0 Å². The topological polar surface area (TPSA) is 60.0 Å². The number of Topliss-reactive ketones (excluding diaryl/α,β-unsaturated/α-hetero) is 1. The molecule has 0 amide bonds. The molecule has 4 aromatic rings. The highest BCUT2D eigenvalue weighted by Gasteiger charge is 2.38. The Morgan fingerprint density at radius 3 is 2.17 bits per heavy atom. The van der Waals surface area contributed by atoms with Crippen LogP contribution in [0.4, 0.5) is 30.7 Å². The third kappa shape index (κ3) is 5.80. The number of ketones is 1. The number of carbonyl (C=O) groups excluding carboxylic acids is 1. The van der Waals surface area contributed by atoms with Crippen LogP contribution in [0.25, 0.3) is 11.1 Å². The van der Waals surface area contributed by atoms with Crippen LogP contribution < -0.4 is 10.4 Å². The molecule has 0 unspecified atom stereocenters. The largest absolute Gasteiger partial charge is 0.491 e. The van der Waals surface area contributed by atoms with Crippen LogP contribution in [0.5, 0.6) is 5.75 Å². The van der Waals surface area contributed by atoms with Crippen LogP contribution in [0.2, 0.25) is 5.02 Å². The van der Waals surface area contributed by atoms with Crippen molar-refractivity contribution in [2.45, 2.75) is 25.3 Å². The van der Waals surface area contributed by atoms with Crippen LogP contribution in [-0.4, -0.2) is 21.5 Å². The zero-order valence-corrected chi connectivity index (χ0v) is 22.5. The van der Waals surface area contributed by atoms with Crippen LogP contribution in [0, 0.1) is 17.1 Å². The van der Waals surface area contributed by atoms with E-state index in [4.69, 9.17) is 21.7 Å². The van der Waals surface area contributed by atoms with Crippen LogP contribution >= 0.6 is 11.6 Å². The van der Waals surface area contributed by atoms with Crippen molar-refractivity contribution in [3.8, 4) is 16.9 Å². The summed E-state index contributed by atoms with van der Waals surface area (Å²) in [4.78, 5) is 13.7. The smallest absolute Gasteiger partial charge is 0.416 e. The normalized spacial score (nSPS) is 15.5. The molecule has 13 heteroatoms. The lowest BCUT2D eigenvalue weighted by atomic mass is 9.86. The lowest BCUT2D eigenvalue weighted by molar-refractivity contribution is -0.143. The molecule has 0 spiro atoms. The van der Waals surface area contributed by atoms with Crippen molar-refractivity contribution >= 4 is 17.4 Å².